The van der Waals surface area contributed by atoms with E-state index in [1.807, 2.05) is 24.0 Å². The lowest BCUT2D eigenvalue weighted by Gasteiger charge is -2.34. The van der Waals surface area contributed by atoms with Crippen LogP contribution >= 0.6 is 11.8 Å². The van der Waals surface area contributed by atoms with Crippen molar-refractivity contribution in [3.63, 3.8) is 0 Å². The lowest BCUT2D eigenvalue weighted by atomic mass is 10.2. The Bertz CT molecular complexity index is 833. The molecule has 0 unspecified atom stereocenters. The fraction of sp³-hybridized carbons (Fsp3) is 0.556. The third-order valence-electron chi connectivity index (χ3n) is 4.93. The minimum Gasteiger partial charge on any atom is -0.344 e. The van der Waals surface area contributed by atoms with Crippen molar-refractivity contribution >= 4 is 32.8 Å². The van der Waals surface area contributed by atoms with Crippen molar-refractivity contribution in [1.82, 2.24) is 14.5 Å². The Morgan fingerprint density at radius 1 is 1.22 bits per heavy atom. The fourth-order valence-corrected chi connectivity index (χ4v) is 5.99. The molecule has 0 aromatic heterocycles. The summed E-state index contributed by atoms with van der Waals surface area (Å²) < 4.78 is 27.4. The number of hydrogen-bond acceptors (Lipinski definition) is 6. The van der Waals surface area contributed by atoms with Gasteiger partial charge in [0, 0.05) is 31.9 Å². The van der Waals surface area contributed by atoms with Gasteiger partial charge in [0.1, 0.15) is 0 Å². The molecule has 27 heavy (non-hydrogen) atoms. The third kappa shape index (κ3) is 4.71. The molecule has 1 N–H and O–H groups in total. The predicted octanol–water partition coefficient (Wildman–Crippen LogP) is 0.758. The molecule has 1 amide bonds. The summed E-state index contributed by atoms with van der Waals surface area (Å²) in [6.45, 7) is 5.54. The van der Waals surface area contributed by atoms with Gasteiger partial charge in [0.15, 0.2) is 0 Å². The van der Waals surface area contributed by atoms with Gasteiger partial charge in [0.2, 0.25) is 21.0 Å². The molecule has 2 heterocycles. The molecule has 2 aliphatic rings. The maximum atomic E-state index is 12.9. The van der Waals surface area contributed by atoms with Gasteiger partial charge in [-0.15, -0.1) is 0 Å². The largest absolute Gasteiger partial charge is 0.344 e. The van der Waals surface area contributed by atoms with Crippen molar-refractivity contribution in [2.75, 3.05) is 38.5 Å². The molecule has 2 fully saturated rings. The highest BCUT2D eigenvalue weighted by Gasteiger charge is 2.31. The molecule has 1 aromatic carbocycles. The maximum Gasteiger partial charge on any atom is 0.243 e. The molecule has 1 aromatic rings. The van der Waals surface area contributed by atoms with E-state index in [-0.39, 0.29) is 23.6 Å². The molecule has 148 valence electrons. The van der Waals surface area contributed by atoms with Crippen LogP contribution in [0.4, 0.5) is 0 Å². The molecule has 0 spiro atoms. The summed E-state index contributed by atoms with van der Waals surface area (Å²) in [6.07, 6.45) is 0.678. The molecule has 7 nitrogen and oxygen atoms in total. The van der Waals surface area contributed by atoms with Gasteiger partial charge < -0.3 is 5.32 Å². The number of rotatable bonds is 5. The summed E-state index contributed by atoms with van der Waals surface area (Å²) in [5.41, 5.74) is 1.65. The number of carbonyl (C=O) groups is 2. The van der Waals surface area contributed by atoms with Crippen molar-refractivity contribution in [2.45, 2.75) is 31.2 Å². The van der Waals surface area contributed by atoms with Gasteiger partial charge >= 0.3 is 0 Å². The van der Waals surface area contributed by atoms with Gasteiger partial charge in [-0.1, -0.05) is 23.9 Å². The predicted molar refractivity (Wildman–Crippen MR) is 105 cm³/mol. The van der Waals surface area contributed by atoms with Crippen LogP contribution in [0.5, 0.6) is 0 Å². The van der Waals surface area contributed by atoms with Crippen LogP contribution in [0.1, 0.15) is 17.5 Å². The Morgan fingerprint density at radius 2 is 1.93 bits per heavy atom. The molecule has 9 heteroatoms. The van der Waals surface area contributed by atoms with E-state index in [1.165, 1.54) is 16.1 Å². The highest BCUT2D eigenvalue weighted by Crippen LogP contribution is 2.22. The second-order valence-corrected chi connectivity index (χ2v) is 10.0. The molecule has 0 saturated carbocycles. The van der Waals surface area contributed by atoms with Crippen molar-refractivity contribution in [3.05, 3.63) is 29.3 Å². The molecular formula is C18H25N3O4S2. The second kappa shape index (κ2) is 8.30. The summed E-state index contributed by atoms with van der Waals surface area (Å²) in [4.78, 5) is 26.0. The molecule has 0 aliphatic carbocycles. The van der Waals surface area contributed by atoms with E-state index < -0.39 is 10.0 Å². The summed E-state index contributed by atoms with van der Waals surface area (Å²) in [7, 11) is -3.53. The summed E-state index contributed by atoms with van der Waals surface area (Å²) in [6, 6.07) is 5.05. The zero-order valence-electron chi connectivity index (χ0n) is 15.6. The highest BCUT2D eigenvalue weighted by atomic mass is 32.2. The molecule has 0 bridgehead atoms. The number of carbonyl (C=O) groups excluding carboxylic acids is 2. The quantitative estimate of drug-likeness (QED) is 0.770. The van der Waals surface area contributed by atoms with Gasteiger partial charge in [0.05, 0.1) is 17.5 Å². The zero-order valence-corrected chi connectivity index (χ0v) is 17.2. The van der Waals surface area contributed by atoms with Gasteiger partial charge in [-0.25, -0.2) is 8.42 Å². The number of hydrogen-bond donors (Lipinski definition) is 1. The van der Waals surface area contributed by atoms with Crippen LogP contribution in [-0.2, 0) is 19.6 Å². The van der Waals surface area contributed by atoms with Crippen LogP contribution in [0.2, 0.25) is 0 Å². The number of aryl methyl sites for hydroxylation is 2. The molecule has 1 atom stereocenters. The van der Waals surface area contributed by atoms with Crippen LogP contribution in [0.15, 0.2) is 23.1 Å². The minimum absolute atomic E-state index is 0.0211. The molecule has 2 aliphatic heterocycles. The number of thioether (sulfide) groups is 1. The van der Waals surface area contributed by atoms with Crippen molar-refractivity contribution < 1.29 is 18.0 Å². The van der Waals surface area contributed by atoms with Gasteiger partial charge in [0.25, 0.3) is 0 Å². The van der Waals surface area contributed by atoms with Gasteiger partial charge in [-0.2, -0.15) is 4.31 Å². The third-order valence-corrected chi connectivity index (χ3v) is 7.98. The zero-order chi connectivity index (χ0) is 19.6. The Balaban J connectivity index is 1.56. The molecular weight excluding hydrogens is 386 g/mol. The topological polar surface area (TPSA) is 86.8 Å². The Morgan fingerprint density at radius 3 is 2.56 bits per heavy atom. The van der Waals surface area contributed by atoms with Crippen LogP contribution in [0.3, 0.4) is 0 Å². The number of sulfonamides is 1. The average Bonchev–Trinajstić information content (AvgIpc) is 3.02. The lowest BCUT2D eigenvalue weighted by molar-refractivity contribution is -0.125. The molecule has 3 rings (SSSR count). The van der Waals surface area contributed by atoms with Gasteiger partial charge in [-0.3, -0.25) is 14.5 Å². The summed E-state index contributed by atoms with van der Waals surface area (Å²) in [5, 5.41) is 2.80. The first kappa shape index (κ1) is 20.3. The number of nitrogens with zero attached hydrogens (tertiary/aromatic N) is 2. The molecule has 0 radical (unpaired) electrons. The highest BCUT2D eigenvalue weighted by molar-refractivity contribution is 8.14. The van der Waals surface area contributed by atoms with Crippen LogP contribution < -0.4 is 5.32 Å². The van der Waals surface area contributed by atoms with Crippen molar-refractivity contribution in [2.24, 2.45) is 0 Å². The first-order chi connectivity index (χ1) is 12.8. The first-order valence-electron chi connectivity index (χ1n) is 9.03. The van der Waals surface area contributed by atoms with E-state index in [0.29, 0.717) is 37.5 Å². The number of benzene rings is 1. The monoisotopic (exact) mass is 411 g/mol. The smallest absolute Gasteiger partial charge is 0.243 e. The normalized spacial score (nSPS) is 22.1. The second-order valence-electron chi connectivity index (χ2n) is 7.03. The maximum absolute atomic E-state index is 12.9. The molecule has 2 saturated heterocycles. The Kier molecular flexibility index (Phi) is 6.25. The van der Waals surface area contributed by atoms with Crippen molar-refractivity contribution in [1.29, 1.82) is 0 Å². The van der Waals surface area contributed by atoms with Crippen LogP contribution in [0.25, 0.3) is 0 Å². The van der Waals surface area contributed by atoms with Gasteiger partial charge in [-0.05, 0) is 37.5 Å². The fourth-order valence-electron chi connectivity index (χ4n) is 3.32. The average molecular weight is 412 g/mol. The number of nitrogens with one attached hydrogen (secondary N) is 1. The van der Waals surface area contributed by atoms with E-state index in [9.17, 15) is 18.0 Å². The summed E-state index contributed by atoms with van der Waals surface area (Å²) >= 11 is 1.26. The standard InChI is InChI=1S/C18H25N3O4S2/c1-13-3-4-14(2)16(11-13)27(24,25)21-8-6-20(7-9-21)12-17(22)19-15-5-10-26-18(15)23/h3-4,11,15H,5-10,12H2,1-2H3,(H,19,22)/t15-/m0/s1. The SMILES string of the molecule is Cc1ccc(C)c(S(=O)(=O)N2CCN(CC(=O)N[C@H]3CCSC3=O)CC2)c1. The Labute approximate surface area is 164 Å². The van der Waals surface area contributed by atoms with E-state index in [4.69, 9.17) is 0 Å². The van der Waals surface area contributed by atoms with E-state index in [0.717, 1.165) is 16.9 Å². The van der Waals surface area contributed by atoms with E-state index in [2.05, 4.69) is 5.32 Å². The van der Waals surface area contributed by atoms with Crippen LogP contribution in [-0.4, -0.2) is 73.2 Å². The minimum atomic E-state index is -3.53. The van der Waals surface area contributed by atoms with E-state index in [1.54, 1.807) is 13.0 Å². The Hall–Kier alpha value is -1.42. The number of piperazine rings is 1. The summed E-state index contributed by atoms with van der Waals surface area (Å²) in [5.74, 6) is 0.570. The van der Waals surface area contributed by atoms with Crippen LogP contribution in [0, 0.1) is 13.8 Å². The number of amides is 1. The lowest BCUT2D eigenvalue weighted by Crippen LogP contribution is -2.52. The first-order valence-corrected chi connectivity index (χ1v) is 11.5. The van der Waals surface area contributed by atoms with Crippen molar-refractivity contribution in [3.8, 4) is 0 Å². The van der Waals surface area contributed by atoms with E-state index >= 15 is 0 Å².